The molecule has 0 radical (unpaired) electrons. The third-order valence-electron chi connectivity index (χ3n) is 5.89. The number of aryl methyl sites for hydroxylation is 1. The number of carbonyl (C=O) groups is 2. The fourth-order valence-electron chi connectivity index (χ4n) is 4.46. The maximum absolute atomic E-state index is 13.5. The Kier molecular flexibility index (Phi) is 4.98. The van der Waals surface area contributed by atoms with Crippen LogP contribution in [0, 0.1) is 6.92 Å². The van der Waals surface area contributed by atoms with E-state index in [0.717, 1.165) is 34.4 Å². The Bertz CT molecular complexity index is 1250. The van der Waals surface area contributed by atoms with Gasteiger partial charge in [-0.2, -0.15) is 0 Å². The van der Waals surface area contributed by atoms with Gasteiger partial charge in [-0.05, 0) is 37.1 Å². The van der Waals surface area contributed by atoms with Crippen LogP contribution >= 0.6 is 0 Å². The van der Waals surface area contributed by atoms with Crippen molar-refractivity contribution in [3.05, 3.63) is 94.5 Å². The standard InChI is InChI=1S/C26H23N3O3/c1-16-14-18-12-13-29-23(18)20(15-16)22(17-8-4-3-5-9-17)27-24(26(29)31)28-25(30)19-10-6-7-11-21(19)32-2/h3-11,14-15,24H,12-13H2,1-2H3,(H,28,30)/t24-/m0/s1. The number of amides is 2. The second-order valence-corrected chi connectivity index (χ2v) is 7.98. The minimum atomic E-state index is -1.04. The van der Waals surface area contributed by atoms with Crippen molar-refractivity contribution in [2.75, 3.05) is 18.6 Å². The first-order chi connectivity index (χ1) is 15.6. The first-order valence-electron chi connectivity index (χ1n) is 10.6. The number of methoxy groups -OCH3 is 1. The quantitative estimate of drug-likeness (QED) is 0.696. The lowest BCUT2D eigenvalue weighted by Gasteiger charge is -2.21. The average Bonchev–Trinajstić information content (AvgIpc) is 3.20. The second-order valence-electron chi connectivity index (χ2n) is 7.98. The van der Waals surface area contributed by atoms with Crippen LogP contribution in [0.2, 0.25) is 0 Å². The highest BCUT2D eigenvalue weighted by Gasteiger charge is 2.37. The van der Waals surface area contributed by atoms with Crippen molar-refractivity contribution in [2.24, 2.45) is 4.99 Å². The van der Waals surface area contributed by atoms with Gasteiger partial charge >= 0.3 is 0 Å². The number of rotatable bonds is 4. The van der Waals surface area contributed by atoms with E-state index in [1.54, 1.807) is 29.2 Å². The fraction of sp³-hybridized carbons (Fsp3) is 0.192. The highest BCUT2D eigenvalue weighted by atomic mass is 16.5. The Morgan fingerprint density at radius 3 is 2.62 bits per heavy atom. The molecule has 1 N–H and O–H groups in total. The van der Waals surface area contributed by atoms with Crippen LogP contribution in [0.15, 0.2) is 71.7 Å². The Balaban J connectivity index is 1.62. The van der Waals surface area contributed by atoms with Crippen molar-refractivity contribution in [3.8, 4) is 5.75 Å². The summed E-state index contributed by atoms with van der Waals surface area (Å²) in [5.41, 5.74) is 6.04. The summed E-state index contributed by atoms with van der Waals surface area (Å²) in [6, 6.07) is 20.9. The summed E-state index contributed by atoms with van der Waals surface area (Å²) in [5, 5.41) is 2.84. The summed E-state index contributed by atoms with van der Waals surface area (Å²) in [7, 11) is 1.51. The van der Waals surface area contributed by atoms with Gasteiger partial charge < -0.3 is 15.0 Å². The molecule has 2 heterocycles. The van der Waals surface area contributed by atoms with E-state index in [1.807, 2.05) is 30.3 Å². The van der Waals surface area contributed by atoms with E-state index in [-0.39, 0.29) is 5.91 Å². The molecule has 2 amide bonds. The molecule has 6 heteroatoms. The first-order valence-corrected chi connectivity index (χ1v) is 10.6. The molecule has 160 valence electrons. The number of carbonyl (C=O) groups excluding carboxylic acids is 2. The van der Waals surface area contributed by atoms with Crippen LogP contribution in [-0.2, 0) is 11.2 Å². The monoisotopic (exact) mass is 425 g/mol. The van der Waals surface area contributed by atoms with Gasteiger partial charge in [0, 0.05) is 17.7 Å². The summed E-state index contributed by atoms with van der Waals surface area (Å²) in [5.74, 6) is -0.192. The normalized spacial score (nSPS) is 16.8. The van der Waals surface area contributed by atoms with Gasteiger partial charge in [0.05, 0.1) is 24.1 Å². The maximum Gasteiger partial charge on any atom is 0.272 e. The largest absolute Gasteiger partial charge is 0.496 e. The van der Waals surface area contributed by atoms with Crippen molar-refractivity contribution in [2.45, 2.75) is 19.5 Å². The van der Waals surface area contributed by atoms with E-state index in [9.17, 15) is 9.59 Å². The molecule has 3 aromatic carbocycles. The van der Waals surface area contributed by atoms with E-state index in [4.69, 9.17) is 9.73 Å². The van der Waals surface area contributed by atoms with Gasteiger partial charge in [0.2, 0.25) is 6.17 Å². The zero-order valence-corrected chi connectivity index (χ0v) is 18.0. The Morgan fingerprint density at radius 2 is 1.84 bits per heavy atom. The molecule has 6 nitrogen and oxygen atoms in total. The van der Waals surface area contributed by atoms with E-state index in [0.29, 0.717) is 23.6 Å². The number of aliphatic imine (C=N–C) groups is 1. The Labute approximate surface area is 186 Å². The molecule has 0 aromatic heterocycles. The molecule has 0 saturated heterocycles. The third-order valence-corrected chi connectivity index (χ3v) is 5.89. The average molecular weight is 425 g/mol. The molecule has 2 aliphatic rings. The lowest BCUT2D eigenvalue weighted by atomic mass is 9.96. The second kappa shape index (κ2) is 7.96. The van der Waals surface area contributed by atoms with Crippen LogP contribution in [-0.4, -0.2) is 37.3 Å². The molecular weight excluding hydrogens is 402 g/mol. The zero-order chi connectivity index (χ0) is 22.2. The molecule has 0 spiro atoms. The molecule has 3 aromatic rings. The highest BCUT2D eigenvalue weighted by Crippen LogP contribution is 2.37. The van der Waals surface area contributed by atoms with Crippen LogP contribution in [0.3, 0.4) is 0 Å². The van der Waals surface area contributed by atoms with Crippen LogP contribution < -0.4 is 15.0 Å². The minimum absolute atomic E-state index is 0.233. The summed E-state index contributed by atoms with van der Waals surface area (Å²) in [6.45, 7) is 2.62. The summed E-state index contributed by atoms with van der Waals surface area (Å²) in [4.78, 5) is 33.2. The number of nitrogens with one attached hydrogen (secondary N) is 1. The number of benzene rings is 3. The van der Waals surface area contributed by atoms with Gasteiger partial charge in [-0.3, -0.25) is 9.59 Å². The van der Waals surface area contributed by atoms with E-state index < -0.39 is 12.1 Å². The van der Waals surface area contributed by atoms with Crippen LogP contribution in [0.5, 0.6) is 5.75 Å². The van der Waals surface area contributed by atoms with E-state index in [1.165, 1.54) is 7.11 Å². The van der Waals surface area contributed by atoms with Crippen molar-refractivity contribution >= 4 is 23.2 Å². The molecule has 0 unspecified atom stereocenters. The molecule has 0 saturated carbocycles. The van der Waals surface area contributed by atoms with Crippen molar-refractivity contribution in [3.63, 3.8) is 0 Å². The molecular formula is C26H23N3O3. The lowest BCUT2D eigenvalue weighted by molar-refractivity contribution is -0.120. The summed E-state index contributed by atoms with van der Waals surface area (Å²) >= 11 is 0. The highest BCUT2D eigenvalue weighted by molar-refractivity contribution is 6.21. The fourth-order valence-corrected chi connectivity index (χ4v) is 4.46. The number of para-hydroxylation sites is 1. The van der Waals surface area contributed by atoms with E-state index in [2.05, 4.69) is 24.4 Å². The van der Waals surface area contributed by atoms with Gasteiger partial charge in [0.25, 0.3) is 11.8 Å². The zero-order valence-electron chi connectivity index (χ0n) is 18.0. The van der Waals surface area contributed by atoms with Crippen LogP contribution in [0.1, 0.15) is 32.6 Å². The minimum Gasteiger partial charge on any atom is -0.496 e. The number of ether oxygens (including phenoxy) is 1. The maximum atomic E-state index is 13.5. The van der Waals surface area contributed by atoms with E-state index >= 15 is 0 Å². The predicted molar refractivity (Wildman–Crippen MR) is 124 cm³/mol. The van der Waals surface area contributed by atoms with Gasteiger partial charge in [-0.15, -0.1) is 0 Å². The number of hydrogen-bond donors (Lipinski definition) is 1. The molecule has 1 atom stereocenters. The van der Waals surface area contributed by atoms with Crippen LogP contribution in [0.4, 0.5) is 5.69 Å². The molecule has 5 rings (SSSR count). The van der Waals surface area contributed by atoms with Crippen molar-refractivity contribution < 1.29 is 14.3 Å². The SMILES string of the molecule is COc1ccccc1C(=O)N[C@@H]1N=C(c2ccccc2)c2cc(C)cc3c2N(CC3)C1=O. The van der Waals surface area contributed by atoms with Gasteiger partial charge in [0.1, 0.15) is 5.75 Å². The predicted octanol–water partition coefficient (Wildman–Crippen LogP) is 3.50. The molecule has 0 bridgehead atoms. The van der Waals surface area contributed by atoms with Crippen LogP contribution in [0.25, 0.3) is 0 Å². The summed E-state index contributed by atoms with van der Waals surface area (Å²) in [6.07, 6.45) is -0.258. The Hall–Kier alpha value is -3.93. The number of anilines is 1. The van der Waals surface area contributed by atoms with Gasteiger partial charge in [-0.1, -0.05) is 54.1 Å². The van der Waals surface area contributed by atoms with Gasteiger partial charge in [0.15, 0.2) is 0 Å². The molecule has 0 fully saturated rings. The summed E-state index contributed by atoms with van der Waals surface area (Å²) < 4.78 is 5.32. The Morgan fingerprint density at radius 1 is 1.09 bits per heavy atom. The van der Waals surface area contributed by atoms with Crippen molar-refractivity contribution in [1.82, 2.24) is 5.32 Å². The first kappa shape index (κ1) is 20.0. The number of hydrogen-bond acceptors (Lipinski definition) is 4. The topological polar surface area (TPSA) is 71.0 Å². The molecule has 0 aliphatic carbocycles. The smallest absolute Gasteiger partial charge is 0.272 e. The molecule has 2 aliphatic heterocycles. The molecule has 32 heavy (non-hydrogen) atoms. The lowest BCUT2D eigenvalue weighted by Crippen LogP contribution is -2.47. The number of nitrogens with zero attached hydrogens (tertiary/aromatic N) is 2. The third kappa shape index (κ3) is 3.34. The van der Waals surface area contributed by atoms with Crippen molar-refractivity contribution in [1.29, 1.82) is 0 Å². The van der Waals surface area contributed by atoms with Gasteiger partial charge in [-0.25, -0.2) is 4.99 Å².